The van der Waals surface area contributed by atoms with E-state index in [9.17, 15) is 8.42 Å². The fourth-order valence-corrected chi connectivity index (χ4v) is 3.01. The smallest absolute Gasteiger partial charge is 0.301 e. The number of hydrogen-bond acceptors (Lipinski definition) is 4. The van der Waals surface area contributed by atoms with Crippen LogP contribution in [-0.2, 0) is 10.2 Å². The van der Waals surface area contributed by atoms with E-state index in [1.54, 1.807) is 18.5 Å². The van der Waals surface area contributed by atoms with Crippen LogP contribution in [0.4, 0.5) is 5.69 Å². The molecule has 0 aliphatic heterocycles. The van der Waals surface area contributed by atoms with Crippen molar-refractivity contribution in [3.8, 4) is 0 Å². The summed E-state index contributed by atoms with van der Waals surface area (Å²) in [7, 11) is -1.82. The predicted octanol–water partition coefficient (Wildman–Crippen LogP) is 1.73. The van der Waals surface area contributed by atoms with Crippen LogP contribution in [0.5, 0.6) is 0 Å². The van der Waals surface area contributed by atoms with Crippen molar-refractivity contribution in [3.63, 3.8) is 0 Å². The van der Waals surface area contributed by atoms with Crippen molar-refractivity contribution in [1.29, 1.82) is 0 Å². The lowest BCUT2D eigenvalue weighted by Gasteiger charge is -2.17. The van der Waals surface area contributed by atoms with E-state index in [1.807, 2.05) is 5.38 Å². The molecule has 0 radical (unpaired) electrons. The molecule has 0 amide bonds. The van der Waals surface area contributed by atoms with E-state index in [1.165, 1.54) is 15.6 Å². The van der Waals surface area contributed by atoms with Gasteiger partial charge in [0.2, 0.25) is 0 Å². The minimum Gasteiger partial charge on any atom is -0.317 e. The lowest BCUT2D eigenvalue weighted by Crippen LogP contribution is -2.34. The number of nitrogens with zero attached hydrogens (tertiary/aromatic N) is 1. The summed E-state index contributed by atoms with van der Waals surface area (Å²) in [6.07, 6.45) is 1.90. The van der Waals surface area contributed by atoms with E-state index in [4.69, 9.17) is 0 Å². The molecular formula is C11H21N3O2S2. The van der Waals surface area contributed by atoms with Gasteiger partial charge in [0, 0.05) is 19.0 Å². The molecule has 18 heavy (non-hydrogen) atoms. The maximum atomic E-state index is 11.9. The highest BCUT2D eigenvalue weighted by atomic mass is 32.2. The van der Waals surface area contributed by atoms with E-state index >= 15 is 0 Å². The Balaban J connectivity index is 2.33. The van der Waals surface area contributed by atoms with Gasteiger partial charge < -0.3 is 5.32 Å². The van der Waals surface area contributed by atoms with Gasteiger partial charge in [-0.05, 0) is 37.4 Å². The zero-order valence-corrected chi connectivity index (χ0v) is 12.5. The minimum absolute atomic E-state index is 0.510. The molecule has 0 aliphatic rings. The van der Waals surface area contributed by atoms with Crippen LogP contribution in [0.2, 0.25) is 0 Å². The average Bonchev–Trinajstić information content (AvgIpc) is 2.80. The molecule has 1 heterocycles. The number of anilines is 1. The van der Waals surface area contributed by atoms with Gasteiger partial charge in [-0.1, -0.05) is 6.92 Å². The Labute approximate surface area is 113 Å². The third-order valence-corrected chi connectivity index (χ3v) is 4.61. The van der Waals surface area contributed by atoms with Crippen LogP contribution < -0.4 is 10.0 Å². The van der Waals surface area contributed by atoms with E-state index in [0.29, 0.717) is 12.2 Å². The monoisotopic (exact) mass is 291 g/mol. The Bertz CT molecular complexity index is 418. The molecule has 0 saturated heterocycles. The zero-order valence-electron chi connectivity index (χ0n) is 10.8. The molecule has 0 fully saturated rings. The third-order valence-electron chi connectivity index (χ3n) is 2.43. The molecule has 1 rings (SSSR count). The summed E-state index contributed by atoms with van der Waals surface area (Å²) >= 11 is 1.46. The van der Waals surface area contributed by atoms with Gasteiger partial charge in [-0.25, -0.2) is 0 Å². The Morgan fingerprint density at radius 3 is 2.78 bits per heavy atom. The second-order valence-electron chi connectivity index (χ2n) is 4.04. The van der Waals surface area contributed by atoms with Gasteiger partial charge in [-0.15, -0.1) is 0 Å². The first-order valence-electron chi connectivity index (χ1n) is 6.03. The first-order chi connectivity index (χ1) is 8.56. The van der Waals surface area contributed by atoms with Crippen LogP contribution in [0.25, 0.3) is 0 Å². The first-order valence-corrected chi connectivity index (χ1v) is 8.41. The van der Waals surface area contributed by atoms with Crippen LogP contribution in [0, 0.1) is 0 Å². The molecule has 1 aromatic rings. The predicted molar refractivity (Wildman–Crippen MR) is 77.3 cm³/mol. The molecular weight excluding hydrogens is 270 g/mol. The Morgan fingerprint density at radius 1 is 1.39 bits per heavy atom. The normalized spacial score (nSPS) is 11.9. The minimum atomic E-state index is -3.41. The third kappa shape index (κ3) is 5.34. The molecule has 1 aromatic heterocycles. The summed E-state index contributed by atoms with van der Waals surface area (Å²) in [5.74, 6) is 0. The summed E-state index contributed by atoms with van der Waals surface area (Å²) in [5, 5.41) is 6.86. The summed E-state index contributed by atoms with van der Waals surface area (Å²) in [6, 6.07) is 1.75. The zero-order chi connectivity index (χ0) is 13.4. The largest absolute Gasteiger partial charge is 0.317 e. The van der Waals surface area contributed by atoms with Crippen LogP contribution >= 0.6 is 11.3 Å². The lowest BCUT2D eigenvalue weighted by molar-refractivity contribution is 0.458. The van der Waals surface area contributed by atoms with Crippen LogP contribution in [-0.4, -0.2) is 39.4 Å². The van der Waals surface area contributed by atoms with Gasteiger partial charge in [0.1, 0.15) is 0 Å². The maximum Gasteiger partial charge on any atom is 0.301 e. The van der Waals surface area contributed by atoms with Crippen LogP contribution in [0.3, 0.4) is 0 Å². The van der Waals surface area contributed by atoms with E-state index in [2.05, 4.69) is 17.0 Å². The molecule has 5 nitrogen and oxygen atoms in total. The number of hydrogen-bond donors (Lipinski definition) is 2. The SMILES string of the molecule is CCCNCCCN(C)S(=O)(=O)Nc1ccsc1. The van der Waals surface area contributed by atoms with Gasteiger partial charge in [0.05, 0.1) is 5.69 Å². The molecule has 7 heteroatoms. The van der Waals surface area contributed by atoms with Gasteiger partial charge >= 0.3 is 10.2 Å². The fraction of sp³-hybridized carbons (Fsp3) is 0.636. The Morgan fingerprint density at radius 2 is 2.17 bits per heavy atom. The van der Waals surface area contributed by atoms with Crippen molar-refractivity contribution in [2.45, 2.75) is 19.8 Å². The van der Waals surface area contributed by atoms with Gasteiger partial charge in [0.25, 0.3) is 0 Å². The van der Waals surface area contributed by atoms with Crippen molar-refractivity contribution >= 4 is 27.2 Å². The number of rotatable bonds is 9. The van der Waals surface area contributed by atoms with Crippen molar-refractivity contribution in [3.05, 3.63) is 16.8 Å². The Hall–Kier alpha value is -0.630. The van der Waals surface area contributed by atoms with Gasteiger partial charge in [-0.3, -0.25) is 4.72 Å². The van der Waals surface area contributed by atoms with Crippen LogP contribution in [0.15, 0.2) is 16.8 Å². The highest BCUT2D eigenvalue weighted by Crippen LogP contribution is 2.14. The molecule has 0 bridgehead atoms. The van der Waals surface area contributed by atoms with Crippen molar-refractivity contribution in [2.75, 3.05) is 31.4 Å². The van der Waals surface area contributed by atoms with Crippen molar-refractivity contribution in [1.82, 2.24) is 9.62 Å². The number of thiophene rings is 1. The fourth-order valence-electron chi connectivity index (χ4n) is 1.40. The highest BCUT2D eigenvalue weighted by Gasteiger charge is 2.16. The van der Waals surface area contributed by atoms with E-state index < -0.39 is 10.2 Å². The van der Waals surface area contributed by atoms with Gasteiger partial charge in [0.15, 0.2) is 0 Å². The Kier molecular flexibility index (Phi) is 6.62. The summed E-state index contributed by atoms with van der Waals surface area (Å²) in [5.41, 5.74) is 0.621. The molecule has 104 valence electrons. The molecule has 0 aliphatic carbocycles. The molecule has 0 atom stereocenters. The quantitative estimate of drug-likeness (QED) is 0.681. The molecule has 0 saturated carbocycles. The standard InChI is InChI=1S/C11H21N3O2S2/c1-3-6-12-7-4-8-14(2)18(15,16)13-11-5-9-17-10-11/h5,9-10,12-13H,3-4,6-8H2,1-2H3. The van der Waals surface area contributed by atoms with Crippen LogP contribution in [0.1, 0.15) is 19.8 Å². The molecule has 0 aromatic carbocycles. The first kappa shape index (κ1) is 15.4. The second kappa shape index (κ2) is 7.73. The van der Waals surface area contributed by atoms with E-state index in [-0.39, 0.29) is 0 Å². The number of nitrogens with one attached hydrogen (secondary N) is 2. The van der Waals surface area contributed by atoms with E-state index in [0.717, 1.165) is 25.9 Å². The highest BCUT2D eigenvalue weighted by molar-refractivity contribution is 7.90. The second-order valence-corrected chi connectivity index (χ2v) is 6.60. The summed E-state index contributed by atoms with van der Waals surface area (Å²) < 4.78 is 27.7. The lowest BCUT2D eigenvalue weighted by atomic mass is 10.4. The average molecular weight is 291 g/mol. The maximum absolute atomic E-state index is 11.9. The van der Waals surface area contributed by atoms with Crippen molar-refractivity contribution in [2.24, 2.45) is 0 Å². The molecule has 2 N–H and O–H groups in total. The van der Waals surface area contributed by atoms with Crippen molar-refractivity contribution < 1.29 is 8.42 Å². The molecule has 0 spiro atoms. The summed E-state index contributed by atoms with van der Waals surface area (Å²) in [6.45, 7) is 4.43. The van der Waals surface area contributed by atoms with Gasteiger partial charge in [-0.2, -0.15) is 24.1 Å². The summed E-state index contributed by atoms with van der Waals surface area (Å²) in [4.78, 5) is 0. The topological polar surface area (TPSA) is 61.4 Å². The molecule has 0 unspecified atom stereocenters.